The van der Waals surface area contributed by atoms with Gasteiger partial charge in [-0.2, -0.15) is 0 Å². The van der Waals surface area contributed by atoms with Crippen LogP contribution in [0.15, 0.2) is 36.4 Å². The molecule has 0 aliphatic heterocycles. The van der Waals surface area contributed by atoms with Gasteiger partial charge in [0.2, 0.25) is 5.91 Å². The van der Waals surface area contributed by atoms with Crippen molar-refractivity contribution in [2.75, 3.05) is 13.2 Å². The van der Waals surface area contributed by atoms with Crippen molar-refractivity contribution in [3.8, 4) is 18.1 Å². The summed E-state index contributed by atoms with van der Waals surface area (Å²) in [6, 6.07) is 11.2. The van der Waals surface area contributed by atoms with Gasteiger partial charge < -0.3 is 10.1 Å². The van der Waals surface area contributed by atoms with Crippen molar-refractivity contribution >= 4 is 61.2 Å². The Labute approximate surface area is 210 Å². The van der Waals surface area contributed by atoms with Crippen molar-refractivity contribution in [2.24, 2.45) is 0 Å². The lowest BCUT2D eigenvalue weighted by molar-refractivity contribution is -0.121. The molecule has 1 amide bonds. The maximum Gasteiger partial charge on any atom is 0.208 e. The molecule has 2 aromatic carbocycles. The average Bonchev–Trinajstić information content (AvgIpc) is 3.07. The summed E-state index contributed by atoms with van der Waals surface area (Å²) in [4.78, 5) is 25.3. The van der Waals surface area contributed by atoms with Gasteiger partial charge in [-0.15, -0.1) is 6.42 Å². The lowest BCUT2D eigenvalue weighted by atomic mass is 9.55. The monoisotopic (exact) mass is 546 g/mol. The van der Waals surface area contributed by atoms with E-state index in [0.717, 1.165) is 27.7 Å². The minimum absolute atomic E-state index is 0.0165. The zero-order valence-corrected chi connectivity index (χ0v) is 20.8. The first-order valence-corrected chi connectivity index (χ1v) is 11.4. The third kappa shape index (κ3) is 3.97. The lowest BCUT2D eigenvalue weighted by Crippen LogP contribution is -2.37. The number of rotatable bonds is 5. The lowest BCUT2D eigenvalue weighted by Gasteiger charge is -2.33. The maximum atomic E-state index is 13.5. The van der Waals surface area contributed by atoms with Crippen molar-refractivity contribution in [2.45, 2.75) is 31.4 Å². The molecule has 1 aliphatic rings. The fourth-order valence-corrected chi connectivity index (χ4v) is 5.49. The molecule has 5 nitrogen and oxygen atoms in total. The Kier molecular flexibility index (Phi) is 5.90. The standard InChI is InChI=1S/C25H21B2IN2O3/c1-5-14-6-8-17-19(12-14)30(28)22-20(17)21(31)16-9-7-15(13-18(16)24(22,2)3)33-11-10-29-23(32)25(4,26)27/h1,6-9,12-13H,10-11H2,2-4H3,(H,29,32). The van der Waals surface area contributed by atoms with Crippen molar-refractivity contribution in [3.05, 3.63) is 64.3 Å². The van der Waals surface area contributed by atoms with Crippen molar-refractivity contribution < 1.29 is 14.3 Å². The number of ether oxygens (including phenoxy) is 1. The summed E-state index contributed by atoms with van der Waals surface area (Å²) in [6.07, 6.45) is 5.59. The van der Waals surface area contributed by atoms with E-state index in [1.807, 2.05) is 27.0 Å². The number of carbonyl (C=O) groups excluding carboxylic acids is 2. The van der Waals surface area contributed by atoms with E-state index in [1.165, 1.54) is 6.92 Å². The first kappa shape index (κ1) is 23.5. The summed E-state index contributed by atoms with van der Waals surface area (Å²) < 4.78 is 7.86. The first-order valence-electron chi connectivity index (χ1n) is 10.5. The van der Waals surface area contributed by atoms with Gasteiger partial charge in [-0.1, -0.05) is 32.8 Å². The summed E-state index contributed by atoms with van der Waals surface area (Å²) in [7, 11) is 11.1. The molecule has 0 saturated carbocycles. The van der Waals surface area contributed by atoms with Crippen LogP contribution < -0.4 is 10.1 Å². The van der Waals surface area contributed by atoms with Gasteiger partial charge in [-0.05, 0) is 41.1 Å². The van der Waals surface area contributed by atoms with Crippen LogP contribution >= 0.6 is 22.9 Å². The summed E-state index contributed by atoms with van der Waals surface area (Å²) in [5.74, 6) is 2.80. The third-order valence-electron chi connectivity index (χ3n) is 5.95. The van der Waals surface area contributed by atoms with E-state index in [9.17, 15) is 9.59 Å². The number of amides is 1. The minimum Gasteiger partial charge on any atom is -0.492 e. The number of halogens is 1. The third-order valence-corrected chi connectivity index (χ3v) is 6.95. The van der Waals surface area contributed by atoms with Crippen molar-refractivity contribution in [1.82, 2.24) is 8.10 Å². The van der Waals surface area contributed by atoms with Gasteiger partial charge in [-0.25, -0.2) is 0 Å². The normalized spacial score (nSPS) is 14.3. The SMILES string of the molecule is [B]C([B])(C)C(=O)NCCOc1ccc2c(c1)C(C)(C)c1c(c3ccc(C#C)cc3n1I)C2=O. The van der Waals surface area contributed by atoms with E-state index >= 15 is 0 Å². The zero-order chi connectivity index (χ0) is 24.1. The van der Waals surface area contributed by atoms with Gasteiger partial charge >= 0.3 is 0 Å². The number of hydrogen-bond donors (Lipinski definition) is 1. The van der Waals surface area contributed by atoms with Crippen LogP contribution in [-0.2, 0) is 10.2 Å². The van der Waals surface area contributed by atoms with E-state index in [0.29, 0.717) is 16.9 Å². The van der Waals surface area contributed by atoms with E-state index < -0.39 is 16.5 Å². The Morgan fingerprint density at radius 1 is 1.27 bits per heavy atom. The highest BCUT2D eigenvalue weighted by Gasteiger charge is 2.41. The van der Waals surface area contributed by atoms with Crippen LogP contribution in [0, 0.1) is 12.3 Å². The van der Waals surface area contributed by atoms with Crippen molar-refractivity contribution in [3.63, 3.8) is 0 Å². The first-order chi connectivity index (χ1) is 15.5. The molecule has 0 atom stereocenters. The summed E-state index contributed by atoms with van der Waals surface area (Å²) >= 11 is 2.24. The van der Waals surface area contributed by atoms with Gasteiger partial charge in [0.1, 0.15) is 12.4 Å². The Morgan fingerprint density at radius 3 is 2.67 bits per heavy atom. The highest BCUT2D eigenvalue weighted by atomic mass is 127. The molecular formula is C25H21B2IN2O3. The molecule has 162 valence electrons. The van der Waals surface area contributed by atoms with Crippen LogP contribution in [0.3, 0.4) is 0 Å². The highest BCUT2D eigenvalue weighted by molar-refractivity contribution is 14.1. The predicted octanol–water partition coefficient (Wildman–Crippen LogP) is 3.66. The summed E-state index contributed by atoms with van der Waals surface area (Å²) in [6.45, 7) is 6.12. The number of hydrogen-bond acceptors (Lipinski definition) is 3. The Bertz CT molecular complexity index is 1350. The average molecular weight is 546 g/mol. The van der Waals surface area contributed by atoms with Gasteiger partial charge in [0.05, 0.1) is 61.9 Å². The molecule has 8 heteroatoms. The topological polar surface area (TPSA) is 60.3 Å². The molecule has 0 unspecified atom stereocenters. The van der Waals surface area contributed by atoms with Crippen LogP contribution in [0.4, 0.5) is 0 Å². The smallest absolute Gasteiger partial charge is 0.208 e. The molecule has 0 spiro atoms. The number of benzene rings is 2. The van der Waals surface area contributed by atoms with E-state index in [-0.39, 0.29) is 18.9 Å². The fraction of sp³-hybridized carbons (Fsp3) is 0.280. The molecule has 33 heavy (non-hydrogen) atoms. The second-order valence-electron chi connectivity index (χ2n) is 8.93. The maximum absolute atomic E-state index is 13.5. The number of ketones is 1. The molecule has 1 N–H and O–H groups in total. The zero-order valence-electron chi connectivity index (χ0n) is 18.7. The highest BCUT2D eigenvalue weighted by Crippen LogP contribution is 2.47. The van der Waals surface area contributed by atoms with E-state index in [1.54, 1.807) is 12.1 Å². The number of aromatic nitrogens is 1. The largest absolute Gasteiger partial charge is 0.492 e. The molecule has 4 rings (SSSR count). The number of carbonyl (C=O) groups is 2. The van der Waals surface area contributed by atoms with Crippen LogP contribution in [0.5, 0.6) is 5.75 Å². The predicted molar refractivity (Wildman–Crippen MR) is 140 cm³/mol. The van der Waals surface area contributed by atoms with Crippen LogP contribution in [-0.4, -0.2) is 43.3 Å². The van der Waals surface area contributed by atoms with Crippen LogP contribution in [0.25, 0.3) is 10.9 Å². The molecular weight excluding hydrogens is 525 g/mol. The molecule has 0 bridgehead atoms. The van der Waals surface area contributed by atoms with E-state index in [4.69, 9.17) is 26.9 Å². The quantitative estimate of drug-likeness (QED) is 0.230. The molecule has 1 heterocycles. The molecule has 4 radical (unpaired) electrons. The van der Waals surface area contributed by atoms with Crippen molar-refractivity contribution in [1.29, 1.82) is 0 Å². The second-order valence-corrected chi connectivity index (χ2v) is 9.89. The molecule has 3 aromatic rings. The van der Waals surface area contributed by atoms with Crippen LogP contribution in [0.2, 0.25) is 5.21 Å². The number of nitrogens with one attached hydrogen (secondary N) is 1. The number of nitrogens with zero attached hydrogens (tertiary/aromatic N) is 1. The van der Waals surface area contributed by atoms with Gasteiger partial charge in [-0.3, -0.25) is 12.4 Å². The fourth-order valence-electron chi connectivity index (χ4n) is 4.24. The molecule has 1 aliphatic carbocycles. The molecule has 0 saturated heterocycles. The molecule has 1 aromatic heterocycles. The van der Waals surface area contributed by atoms with Crippen LogP contribution in [0.1, 0.15) is 53.5 Å². The van der Waals surface area contributed by atoms with E-state index in [2.05, 4.69) is 47.9 Å². The summed E-state index contributed by atoms with van der Waals surface area (Å²) in [5.41, 5.74) is 4.41. The summed E-state index contributed by atoms with van der Waals surface area (Å²) in [5, 5.41) is 2.09. The Hall–Kier alpha value is -2.66. The second kappa shape index (κ2) is 8.28. The molecule has 0 fully saturated rings. The van der Waals surface area contributed by atoms with Gasteiger partial charge in [0, 0.05) is 21.9 Å². The number of terminal acetylenes is 1. The van der Waals surface area contributed by atoms with Gasteiger partial charge in [0.15, 0.2) is 5.78 Å². The Balaban J connectivity index is 1.66. The minimum atomic E-state index is -1.44. The Morgan fingerprint density at radius 2 is 2.00 bits per heavy atom. The van der Waals surface area contributed by atoms with Gasteiger partial charge in [0.25, 0.3) is 0 Å². The number of fused-ring (bicyclic) bond motifs is 4.